The van der Waals surface area contributed by atoms with Crippen LogP contribution in [0.4, 0.5) is 0 Å². The Bertz CT molecular complexity index is 355. The Morgan fingerprint density at radius 1 is 1.06 bits per heavy atom. The molecule has 1 fully saturated rings. The Balaban J connectivity index is 1.62. The minimum absolute atomic E-state index is 0.280. The first-order chi connectivity index (χ1) is 8.86. The number of Topliss-reactive ketones (excluding diaryl/α,β-unsaturated/α-hetero) is 1. The van der Waals surface area contributed by atoms with Crippen LogP contribution in [-0.2, 0) is 0 Å². The molecule has 0 saturated carbocycles. The lowest BCUT2D eigenvalue weighted by molar-refractivity contribution is 0.0977. The van der Waals surface area contributed by atoms with Crippen molar-refractivity contribution in [2.45, 2.75) is 32.1 Å². The molecule has 0 aliphatic carbocycles. The summed E-state index contributed by atoms with van der Waals surface area (Å²) in [5.74, 6) is 0.280. The number of carbonyl (C=O) groups excluding carboxylic acids is 1. The van der Waals surface area contributed by atoms with Crippen LogP contribution >= 0.6 is 0 Å². The van der Waals surface area contributed by atoms with E-state index in [9.17, 15) is 4.79 Å². The lowest BCUT2D eigenvalue weighted by atomic mass is 10.1. The van der Waals surface area contributed by atoms with E-state index in [-0.39, 0.29) is 5.78 Å². The van der Waals surface area contributed by atoms with Gasteiger partial charge in [-0.1, -0.05) is 30.3 Å². The van der Waals surface area contributed by atoms with E-state index in [1.54, 1.807) is 0 Å². The van der Waals surface area contributed by atoms with Gasteiger partial charge in [0, 0.05) is 12.0 Å². The number of carbonyl (C=O) groups is 1. The maximum absolute atomic E-state index is 11.9. The molecule has 2 heteroatoms. The third-order valence-corrected chi connectivity index (χ3v) is 3.52. The third-order valence-electron chi connectivity index (χ3n) is 3.52. The number of benzene rings is 1. The van der Waals surface area contributed by atoms with Gasteiger partial charge in [-0.05, 0) is 51.7 Å². The van der Waals surface area contributed by atoms with Gasteiger partial charge in [-0.25, -0.2) is 0 Å². The molecular weight excluding hydrogens is 222 g/mol. The van der Waals surface area contributed by atoms with Crippen molar-refractivity contribution in [3.05, 3.63) is 42.3 Å². The van der Waals surface area contributed by atoms with Crippen molar-refractivity contribution in [3.8, 4) is 0 Å². The van der Waals surface area contributed by atoms with Gasteiger partial charge in [0.1, 0.15) is 0 Å². The number of hydrogen-bond acceptors (Lipinski definition) is 2. The van der Waals surface area contributed by atoms with Crippen molar-refractivity contribution < 1.29 is 4.79 Å². The van der Waals surface area contributed by atoms with Crippen LogP contribution in [0.2, 0.25) is 0 Å². The van der Waals surface area contributed by atoms with E-state index >= 15 is 0 Å². The van der Waals surface area contributed by atoms with Crippen LogP contribution in [-0.4, -0.2) is 30.3 Å². The molecule has 2 nitrogen and oxygen atoms in total. The molecular formula is C16H22NO. The van der Waals surface area contributed by atoms with Gasteiger partial charge < -0.3 is 4.90 Å². The minimum Gasteiger partial charge on any atom is -0.303 e. The van der Waals surface area contributed by atoms with Gasteiger partial charge in [0.05, 0.1) is 0 Å². The highest BCUT2D eigenvalue weighted by Gasteiger charge is 2.10. The number of piperidine rings is 1. The fourth-order valence-corrected chi connectivity index (χ4v) is 2.42. The molecule has 1 aliphatic rings. The van der Waals surface area contributed by atoms with Crippen LogP contribution < -0.4 is 0 Å². The molecule has 2 rings (SSSR count). The van der Waals surface area contributed by atoms with Gasteiger partial charge in [-0.15, -0.1) is 0 Å². The average Bonchev–Trinajstić information content (AvgIpc) is 2.45. The van der Waals surface area contributed by atoms with E-state index in [4.69, 9.17) is 0 Å². The largest absolute Gasteiger partial charge is 0.303 e. The zero-order valence-electron chi connectivity index (χ0n) is 11.0. The van der Waals surface area contributed by atoms with E-state index < -0.39 is 0 Å². The van der Waals surface area contributed by atoms with Crippen LogP contribution in [0.5, 0.6) is 0 Å². The Kier molecular flexibility index (Phi) is 5.40. The van der Waals surface area contributed by atoms with Crippen LogP contribution in [0.25, 0.3) is 0 Å². The Labute approximate surface area is 110 Å². The highest BCUT2D eigenvalue weighted by molar-refractivity contribution is 5.95. The normalized spacial score (nSPS) is 16.7. The maximum atomic E-state index is 11.9. The van der Waals surface area contributed by atoms with Crippen molar-refractivity contribution in [1.29, 1.82) is 0 Å². The second-order valence-electron chi connectivity index (χ2n) is 4.95. The second-order valence-corrected chi connectivity index (χ2v) is 4.95. The molecule has 0 amide bonds. The standard InChI is InChI=1S/C16H22NO/c18-16(15-9-3-1-4-10-15)11-5-8-14-17-12-6-2-7-13-17/h1-4,9-10H,5-8,11-14H2. The monoisotopic (exact) mass is 244 g/mol. The van der Waals surface area contributed by atoms with Crippen molar-refractivity contribution >= 4 is 5.78 Å². The molecule has 0 bridgehead atoms. The highest BCUT2D eigenvalue weighted by atomic mass is 16.1. The summed E-state index contributed by atoms with van der Waals surface area (Å²) in [5, 5.41) is 0. The van der Waals surface area contributed by atoms with Gasteiger partial charge in [0.25, 0.3) is 0 Å². The molecule has 1 aliphatic heterocycles. The Morgan fingerprint density at radius 2 is 1.78 bits per heavy atom. The Morgan fingerprint density at radius 3 is 2.50 bits per heavy atom. The molecule has 0 N–H and O–H groups in total. The van der Waals surface area contributed by atoms with E-state index in [1.165, 1.54) is 25.9 Å². The molecule has 97 valence electrons. The third kappa shape index (κ3) is 4.26. The van der Waals surface area contributed by atoms with Crippen LogP contribution in [0.3, 0.4) is 0 Å². The Hall–Kier alpha value is -1.15. The fraction of sp³-hybridized carbons (Fsp3) is 0.500. The molecule has 0 unspecified atom stereocenters. The van der Waals surface area contributed by atoms with Gasteiger partial charge in [0.15, 0.2) is 5.78 Å². The fourth-order valence-electron chi connectivity index (χ4n) is 2.42. The van der Waals surface area contributed by atoms with E-state index in [2.05, 4.69) is 11.3 Å². The molecule has 18 heavy (non-hydrogen) atoms. The van der Waals surface area contributed by atoms with Gasteiger partial charge in [-0.3, -0.25) is 4.79 Å². The number of unbranched alkanes of at least 4 members (excludes halogenated alkanes) is 1. The number of nitrogens with zero attached hydrogens (tertiary/aromatic N) is 1. The summed E-state index contributed by atoms with van der Waals surface area (Å²) in [7, 11) is 0. The molecule has 0 atom stereocenters. The molecule has 0 spiro atoms. The van der Waals surface area contributed by atoms with Crippen molar-refractivity contribution in [2.75, 3.05) is 19.6 Å². The second kappa shape index (κ2) is 7.32. The predicted molar refractivity (Wildman–Crippen MR) is 74.6 cm³/mol. The topological polar surface area (TPSA) is 20.3 Å². The first-order valence-corrected chi connectivity index (χ1v) is 6.98. The van der Waals surface area contributed by atoms with Gasteiger partial charge in [-0.2, -0.15) is 0 Å². The maximum Gasteiger partial charge on any atom is 0.162 e. The van der Waals surface area contributed by atoms with Crippen molar-refractivity contribution in [3.63, 3.8) is 0 Å². The summed E-state index contributed by atoms with van der Waals surface area (Å²) >= 11 is 0. The van der Waals surface area contributed by atoms with Crippen LogP contribution in [0, 0.1) is 6.42 Å². The quantitative estimate of drug-likeness (QED) is 0.565. The summed E-state index contributed by atoms with van der Waals surface area (Å²) in [6.45, 7) is 3.55. The average molecular weight is 244 g/mol. The number of rotatable bonds is 6. The van der Waals surface area contributed by atoms with Gasteiger partial charge >= 0.3 is 0 Å². The molecule has 0 aromatic heterocycles. The lowest BCUT2D eigenvalue weighted by Crippen LogP contribution is -2.30. The van der Waals surface area contributed by atoms with E-state index in [0.717, 1.165) is 24.9 Å². The summed E-state index contributed by atoms with van der Waals surface area (Å²) in [4.78, 5) is 14.4. The van der Waals surface area contributed by atoms with Crippen molar-refractivity contribution in [1.82, 2.24) is 4.90 Å². The molecule has 1 saturated heterocycles. The zero-order chi connectivity index (χ0) is 12.6. The number of hydrogen-bond donors (Lipinski definition) is 0. The summed E-state index contributed by atoms with van der Waals surface area (Å²) in [5.41, 5.74) is 0.852. The van der Waals surface area contributed by atoms with Crippen molar-refractivity contribution in [2.24, 2.45) is 0 Å². The predicted octanol–water partition coefficient (Wildman–Crippen LogP) is 3.34. The molecule has 1 aromatic carbocycles. The molecule has 1 aromatic rings. The molecule has 1 heterocycles. The lowest BCUT2D eigenvalue weighted by Gasteiger charge is -2.25. The first kappa shape index (κ1) is 13.3. The van der Waals surface area contributed by atoms with E-state index in [1.807, 2.05) is 30.3 Å². The summed E-state index contributed by atoms with van der Waals surface area (Å²) < 4.78 is 0. The molecule has 1 radical (unpaired) electrons. The van der Waals surface area contributed by atoms with Crippen LogP contribution in [0.15, 0.2) is 30.3 Å². The SMILES string of the molecule is O=C(CCCCN1CC[CH]CC1)c1ccccc1. The van der Waals surface area contributed by atoms with E-state index in [0.29, 0.717) is 6.42 Å². The highest BCUT2D eigenvalue weighted by Crippen LogP contribution is 2.10. The summed E-state index contributed by atoms with van der Waals surface area (Å²) in [6.07, 6.45) is 7.65. The zero-order valence-corrected chi connectivity index (χ0v) is 11.0. The number of likely N-dealkylation sites (tertiary alicyclic amines) is 1. The number of ketones is 1. The van der Waals surface area contributed by atoms with Crippen LogP contribution in [0.1, 0.15) is 42.5 Å². The smallest absolute Gasteiger partial charge is 0.162 e. The van der Waals surface area contributed by atoms with Gasteiger partial charge in [0.2, 0.25) is 0 Å². The summed E-state index contributed by atoms with van der Waals surface area (Å²) in [6, 6.07) is 9.62. The minimum atomic E-state index is 0.280. The first-order valence-electron chi connectivity index (χ1n) is 6.98.